The molecule has 0 heterocycles. The summed E-state index contributed by atoms with van der Waals surface area (Å²) in [5.74, 6) is 1.49. The monoisotopic (exact) mass is 528 g/mol. The van der Waals surface area contributed by atoms with Crippen molar-refractivity contribution in [3.05, 3.63) is 71.8 Å². The van der Waals surface area contributed by atoms with Crippen molar-refractivity contribution >= 4 is 21.6 Å². The standard InChI is InChI=1S/C27H32N2O7S/c1-19-7-11-22(12-8-19)37(31,32)29(21-10-14-24(34-4)26(16-21)36-6)18-27(30)28(2)17-20-9-13-23(33-3)25(15-20)35-5/h7-16H,17-18H2,1-6H3. The Hall–Kier alpha value is -3.92. The molecule has 3 aromatic rings. The van der Waals surface area contributed by atoms with Gasteiger partial charge in [0.1, 0.15) is 6.54 Å². The van der Waals surface area contributed by atoms with Gasteiger partial charge in [0, 0.05) is 19.7 Å². The van der Waals surface area contributed by atoms with Gasteiger partial charge in [-0.2, -0.15) is 0 Å². The lowest BCUT2D eigenvalue weighted by Gasteiger charge is -2.27. The lowest BCUT2D eigenvalue weighted by molar-refractivity contribution is -0.128. The quantitative estimate of drug-likeness (QED) is 0.373. The third-order valence-corrected chi connectivity index (χ3v) is 7.62. The van der Waals surface area contributed by atoms with E-state index in [4.69, 9.17) is 18.9 Å². The highest BCUT2D eigenvalue weighted by Crippen LogP contribution is 2.34. The first-order chi connectivity index (χ1) is 17.6. The molecule has 0 aliphatic carbocycles. The molecule has 0 unspecified atom stereocenters. The van der Waals surface area contributed by atoms with E-state index in [2.05, 4.69) is 0 Å². The third kappa shape index (κ3) is 6.26. The summed E-state index contributed by atoms with van der Waals surface area (Å²) in [7, 11) is 3.56. The predicted octanol–water partition coefficient (Wildman–Crippen LogP) is 3.88. The van der Waals surface area contributed by atoms with E-state index in [-0.39, 0.29) is 17.1 Å². The van der Waals surface area contributed by atoms with Gasteiger partial charge in [0.25, 0.3) is 10.0 Å². The van der Waals surface area contributed by atoms with E-state index >= 15 is 0 Å². The zero-order valence-corrected chi connectivity index (χ0v) is 22.7. The third-order valence-electron chi connectivity index (χ3n) is 5.84. The highest BCUT2D eigenvalue weighted by atomic mass is 32.2. The van der Waals surface area contributed by atoms with Gasteiger partial charge in [-0.05, 0) is 48.9 Å². The molecule has 0 aliphatic heterocycles. The van der Waals surface area contributed by atoms with Crippen LogP contribution in [0.25, 0.3) is 0 Å². The fourth-order valence-corrected chi connectivity index (χ4v) is 5.12. The number of benzene rings is 3. The highest BCUT2D eigenvalue weighted by Gasteiger charge is 2.29. The average molecular weight is 529 g/mol. The fraction of sp³-hybridized carbons (Fsp3) is 0.296. The average Bonchev–Trinajstić information content (AvgIpc) is 2.91. The van der Waals surface area contributed by atoms with Crippen LogP contribution in [0.3, 0.4) is 0 Å². The molecule has 198 valence electrons. The number of anilines is 1. The van der Waals surface area contributed by atoms with E-state index in [1.54, 1.807) is 50.6 Å². The zero-order valence-electron chi connectivity index (χ0n) is 21.8. The van der Waals surface area contributed by atoms with E-state index in [1.165, 1.54) is 44.4 Å². The molecule has 9 nitrogen and oxygen atoms in total. The second kappa shape index (κ2) is 11.9. The molecule has 0 atom stereocenters. The van der Waals surface area contributed by atoms with Gasteiger partial charge in [-0.25, -0.2) is 8.42 Å². The molecule has 0 radical (unpaired) electrons. The Kier molecular flexibility index (Phi) is 8.88. The summed E-state index contributed by atoms with van der Waals surface area (Å²) in [6.07, 6.45) is 0. The van der Waals surface area contributed by atoms with E-state index in [0.717, 1.165) is 15.4 Å². The van der Waals surface area contributed by atoms with Crippen LogP contribution >= 0.6 is 0 Å². The van der Waals surface area contributed by atoms with Crippen LogP contribution in [0, 0.1) is 6.92 Å². The summed E-state index contributed by atoms with van der Waals surface area (Å²) in [6, 6.07) is 16.5. The minimum atomic E-state index is -4.08. The first-order valence-corrected chi connectivity index (χ1v) is 12.8. The molecule has 0 spiro atoms. The number of methoxy groups -OCH3 is 4. The van der Waals surface area contributed by atoms with E-state index in [9.17, 15) is 13.2 Å². The van der Waals surface area contributed by atoms with Crippen molar-refractivity contribution in [1.29, 1.82) is 0 Å². The number of nitrogens with zero attached hydrogens (tertiary/aromatic N) is 2. The van der Waals surface area contributed by atoms with E-state index < -0.39 is 22.5 Å². The van der Waals surface area contributed by atoms with Crippen molar-refractivity contribution in [3.8, 4) is 23.0 Å². The molecule has 0 fully saturated rings. The number of carbonyl (C=O) groups excluding carboxylic acids is 1. The second-order valence-electron chi connectivity index (χ2n) is 8.30. The Balaban J connectivity index is 1.95. The van der Waals surface area contributed by atoms with Crippen LogP contribution in [0.5, 0.6) is 23.0 Å². The van der Waals surface area contributed by atoms with Crippen molar-refractivity contribution in [2.75, 3.05) is 46.3 Å². The molecule has 3 aromatic carbocycles. The van der Waals surface area contributed by atoms with Crippen LogP contribution < -0.4 is 23.3 Å². The molecular weight excluding hydrogens is 496 g/mol. The zero-order chi connectivity index (χ0) is 27.2. The van der Waals surface area contributed by atoms with E-state index in [1.807, 2.05) is 13.0 Å². The Morgan fingerprint density at radius 1 is 0.757 bits per heavy atom. The molecule has 0 aromatic heterocycles. The number of likely N-dealkylation sites (N-methyl/N-ethyl adjacent to an activating group) is 1. The fourth-order valence-electron chi connectivity index (χ4n) is 3.72. The van der Waals surface area contributed by atoms with Crippen LogP contribution in [-0.2, 0) is 21.4 Å². The molecule has 0 N–H and O–H groups in total. The van der Waals surface area contributed by atoms with Crippen molar-refractivity contribution in [1.82, 2.24) is 4.90 Å². The van der Waals surface area contributed by atoms with Gasteiger partial charge in [-0.3, -0.25) is 9.10 Å². The minimum Gasteiger partial charge on any atom is -0.493 e. The summed E-state index contributed by atoms with van der Waals surface area (Å²) in [4.78, 5) is 14.9. The van der Waals surface area contributed by atoms with Gasteiger partial charge >= 0.3 is 0 Å². The topological polar surface area (TPSA) is 94.6 Å². The van der Waals surface area contributed by atoms with Crippen LogP contribution in [0.4, 0.5) is 5.69 Å². The molecule has 10 heteroatoms. The SMILES string of the molecule is COc1ccc(CN(C)C(=O)CN(c2ccc(OC)c(OC)c2)S(=O)(=O)c2ccc(C)cc2)cc1OC. The molecular formula is C27H32N2O7S. The molecule has 0 aliphatic rings. The largest absolute Gasteiger partial charge is 0.493 e. The van der Waals surface area contributed by atoms with Crippen molar-refractivity contribution in [2.24, 2.45) is 0 Å². The maximum Gasteiger partial charge on any atom is 0.264 e. The lowest BCUT2D eigenvalue weighted by atomic mass is 10.2. The van der Waals surface area contributed by atoms with Crippen molar-refractivity contribution < 1.29 is 32.2 Å². The molecule has 0 saturated carbocycles. The first kappa shape index (κ1) is 27.7. The number of hydrogen-bond donors (Lipinski definition) is 0. The van der Waals surface area contributed by atoms with Crippen LogP contribution in [0.2, 0.25) is 0 Å². The first-order valence-electron chi connectivity index (χ1n) is 11.4. The molecule has 0 bridgehead atoms. The second-order valence-corrected chi connectivity index (χ2v) is 10.2. The van der Waals surface area contributed by atoms with E-state index in [0.29, 0.717) is 23.0 Å². The summed E-state index contributed by atoms with van der Waals surface area (Å²) < 4.78 is 49.8. The van der Waals surface area contributed by atoms with Gasteiger partial charge in [0.2, 0.25) is 5.91 Å². The number of amides is 1. The number of aryl methyl sites for hydroxylation is 1. The number of ether oxygens (including phenoxy) is 4. The molecule has 0 saturated heterocycles. The minimum absolute atomic E-state index is 0.0724. The summed E-state index contributed by atoms with van der Waals surface area (Å²) in [5.41, 5.74) is 1.99. The number of sulfonamides is 1. The van der Waals surface area contributed by atoms with Gasteiger partial charge in [0.15, 0.2) is 23.0 Å². The molecule has 1 amide bonds. The Morgan fingerprint density at radius 3 is 1.86 bits per heavy atom. The van der Waals surface area contributed by atoms with Gasteiger partial charge in [0.05, 0.1) is 39.0 Å². The molecule has 3 rings (SSSR count). The van der Waals surface area contributed by atoms with Gasteiger partial charge in [-0.1, -0.05) is 23.8 Å². The maximum absolute atomic E-state index is 13.7. The smallest absolute Gasteiger partial charge is 0.264 e. The molecule has 37 heavy (non-hydrogen) atoms. The summed E-state index contributed by atoms with van der Waals surface area (Å²) in [5, 5.41) is 0. The highest BCUT2D eigenvalue weighted by molar-refractivity contribution is 7.92. The maximum atomic E-state index is 13.7. The van der Waals surface area contributed by atoms with Crippen LogP contribution in [0.1, 0.15) is 11.1 Å². The van der Waals surface area contributed by atoms with Gasteiger partial charge < -0.3 is 23.8 Å². The normalized spacial score (nSPS) is 11.0. The predicted molar refractivity (Wildman–Crippen MR) is 141 cm³/mol. The Labute approximate surface area is 218 Å². The van der Waals surface area contributed by atoms with Crippen molar-refractivity contribution in [2.45, 2.75) is 18.4 Å². The Morgan fingerprint density at radius 2 is 1.30 bits per heavy atom. The van der Waals surface area contributed by atoms with Gasteiger partial charge in [-0.15, -0.1) is 0 Å². The van der Waals surface area contributed by atoms with Crippen LogP contribution in [-0.4, -0.2) is 61.3 Å². The Bertz CT molecular complexity index is 1340. The number of rotatable bonds is 11. The number of hydrogen-bond acceptors (Lipinski definition) is 7. The van der Waals surface area contributed by atoms with Crippen molar-refractivity contribution in [3.63, 3.8) is 0 Å². The summed E-state index contributed by atoms with van der Waals surface area (Å²) in [6.45, 7) is 1.69. The number of carbonyl (C=O) groups is 1. The lowest BCUT2D eigenvalue weighted by Crippen LogP contribution is -2.41. The summed E-state index contributed by atoms with van der Waals surface area (Å²) >= 11 is 0. The van der Waals surface area contributed by atoms with Crippen LogP contribution in [0.15, 0.2) is 65.6 Å².